The van der Waals surface area contributed by atoms with Gasteiger partial charge in [-0.1, -0.05) is 39.0 Å². The quantitative estimate of drug-likeness (QED) is 0.894. The summed E-state index contributed by atoms with van der Waals surface area (Å²) in [5.74, 6) is -0.209. The molecule has 18 heavy (non-hydrogen) atoms. The van der Waals surface area contributed by atoms with Crippen molar-refractivity contribution in [2.45, 2.75) is 39.7 Å². The second-order valence-electron chi connectivity index (χ2n) is 6.04. The Morgan fingerprint density at radius 1 is 1.44 bits per heavy atom. The van der Waals surface area contributed by atoms with Gasteiger partial charge in [0, 0.05) is 6.42 Å². The zero-order valence-electron chi connectivity index (χ0n) is 11.1. The van der Waals surface area contributed by atoms with Gasteiger partial charge in [0.25, 0.3) is 0 Å². The maximum Gasteiger partial charge on any atom is 0.307 e. The molecular formula is C15H20O3. The van der Waals surface area contributed by atoms with Crippen LogP contribution in [0.2, 0.25) is 0 Å². The number of aliphatic carboxylic acids is 1. The van der Waals surface area contributed by atoms with Gasteiger partial charge in [-0.2, -0.15) is 0 Å². The Bertz CT molecular complexity index is 420. The first-order valence-corrected chi connectivity index (χ1v) is 6.35. The van der Waals surface area contributed by atoms with Gasteiger partial charge < -0.3 is 9.84 Å². The molecule has 1 aliphatic heterocycles. The monoisotopic (exact) mass is 248 g/mol. The van der Waals surface area contributed by atoms with Crippen LogP contribution in [-0.4, -0.2) is 17.2 Å². The first kappa shape index (κ1) is 12.9. The number of carbonyl (C=O) groups is 1. The summed E-state index contributed by atoms with van der Waals surface area (Å²) in [5, 5.41) is 9.33. The van der Waals surface area contributed by atoms with Crippen LogP contribution in [0.25, 0.3) is 0 Å². The lowest BCUT2D eigenvalue weighted by molar-refractivity contribution is -0.146. The van der Waals surface area contributed by atoms with Crippen molar-refractivity contribution < 1.29 is 14.6 Å². The van der Waals surface area contributed by atoms with E-state index in [4.69, 9.17) is 4.74 Å². The molecule has 1 aliphatic rings. The van der Waals surface area contributed by atoms with Crippen LogP contribution in [0, 0.1) is 11.3 Å². The summed E-state index contributed by atoms with van der Waals surface area (Å²) in [6.07, 6.45) is 1.37. The summed E-state index contributed by atoms with van der Waals surface area (Å²) in [4.78, 5) is 11.4. The van der Waals surface area contributed by atoms with E-state index < -0.39 is 5.97 Å². The molecule has 0 spiro atoms. The summed E-state index contributed by atoms with van der Waals surface area (Å²) < 4.78 is 5.82. The van der Waals surface area contributed by atoms with E-state index in [0.717, 1.165) is 12.2 Å². The lowest BCUT2D eigenvalue weighted by atomic mass is 9.77. The Hall–Kier alpha value is -1.51. The summed E-state index contributed by atoms with van der Waals surface area (Å²) >= 11 is 0. The summed E-state index contributed by atoms with van der Waals surface area (Å²) in [7, 11) is 0. The average molecular weight is 248 g/mol. The second kappa shape index (κ2) is 4.63. The number of rotatable bonds is 3. The van der Waals surface area contributed by atoms with Gasteiger partial charge in [0.15, 0.2) is 0 Å². The van der Waals surface area contributed by atoms with Crippen molar-refractivity contribution in [1.82, 2.24) is 0 Å². The minimum atomic E-state index is -0.734. The van der Waals surface area contributed by atoms with Gasteiger partial charge in [-0.25, -0.2) is 0 Å². The predicted octanol–water partition coefficient (Wildman–Crippen LogP) is 3.13. The van der Waals surface area contributed by atoms with Crippen molar-refractivity contribution in [2.75, 3.05) is 0 Å². The van der Waals surface area contributed by atoms with Gasteiger partial charge in [-0.15, -0.1) is 0 Å². The standard InChI is InChI=1S/C15H20O3/c1-15(2,3)12(14(16)17)9-11-8-10-6-4-5-7-13(10)18-11/h4-7,11-12H,8-9H2,1-3H3,(H,16,17). The van der Waals surface area contributed by atoms with Gasteiger partial charge in [0.05, 0.1) is 5.92 Å². The maximum atomic E-state index is 11.4. The largest absolute Gasteiger partial charge is 0.490 e. The van der Waals surface area contributed by atoms with Crippen molar-refractivity contribution in [1.29, 1.82) is 0 Å². The minimum Gasteiger partial charge on any atom is -0.490 e. The molecule has 2 atom stereocenters. The minimum absolute atomic E-state index is 0.0114. The molecule has 3 nitrogen and oxygen atoms in total. The normalized spacial score (nSPS) is 20.1. The zero-order valence-corrected chi connectivity index (χ0v) is 11.1. The third-order valence-corrected chi connectivity index (χ3v) is 3.56. The molecule has 2 unspecified atom stereocenters. The molecule has 2 rings (SSSR count). The highest BCUT2D eigenvalue weighted by Gasteiger charge is 2.35. The lowest BCUT2D eigenvalue weighted by Crippen LogP contribution is -2.33. The Labute approximate surface area is 108 Å². The van der Waals surface area contributed by atoms with Crippen molar-refractivity contribution in [3.8, 4) is 5.75 Å². The van der Waals surface area contributed by atoms with Crippen LogP contribution < -0.4 is 4.74 Å². The van der Waals surface area contributed by atoms with E-state index >= 15 is 0 Å². The Morgan fingerprint density at radius 2 is 2.11 bits per heavy atom. The average Bonchev–Trinajstić information content (AvgIpc) is 2.66. The summed E-state index contributed by atoms with van der Waals surface area (Å²) in [5.41, 5.74) is 0.935. The second-order valence-corrected chi connectivity index (χ2v) is 6.04. The fourth-order valence-electron chi connectivity index (χ4n) is 2.47. The van der Waals surface area contributed by atoms with Gasteiger partial charge in [0.2, 0.25) is 0 Å². The molecule has 0 amide bonds. The molecule has 98 valence electrons. The Kier molecular flexibility index (Phi) is 3.33. The molecule has 0 bridgehead atoms. The molecule has 1 heterocycles. The highest BCUT2D eigenvalue weighted by atomic mass is 16.5. The highest BCUT2D eigenvalue weighted by molar-refractivity contribution is 5.71. The number of carboxylic acid groups (broad SMARTS) is 1. The summed E-state index contributed by atoms with van der Waals surface area (Å²) in [6.45, 7) is 5.90. The topological polar surface area (TPSA) is 46.5 Å². The third kappa shape index (κ3) is 2.66. The van der Waals surface area contributed by atoms with Crippen molar-refractivity contribution in [3.63, 3.8) is 0 Å². The van der Waals surface area contributed by atoms with Crippen LogP contribution in [0.4, 0.5) is 0 Å². The van der Waals surface area contributed by atoms with Gasteiger partial charge >= 0.3 is 5.97 Å². The zero-order chi connectivity index (χ0) is 13.3. The van der Waals surface area contributed by atoms with Crippen LogP contribution in [0.15, 0.2) is 24.3 Å². The predicted molar refractivity (Wildman–Crippen MR) is 69.8 cm³/mol. The number of fused-ring (bicyclic) bond motifs is 1. The first-order valence-electron chi connectivity index (χ1n) is 6.35. The van der Waals surface area contributed by atoms with Crippen molar-refractivity contribution in [3.05, 3.63) is 29.8 Å². The fourth-order valence-corrected chi connectivity index (χ4v) is 2.47. The van der Waals surface area contributed by atoms with E-state index in [1.807, 2.05) is 45.0 Å². The number of carboxylic acids is 1. The van der Waals surface area contributed by atoms with E-state index in [1.54, 1.807) is 0 Å². The molecule has 0 fully saturated rings. The van der Waals surface area contributed by atoms with Crippen molar-refractivity contribution in [2.24, 2.45) is 11.3 Å². The highest BCUT2D eigenvalue weighted by Crippen LogP contribution is 2.35. The van der Waals surface area contributed by atoms with Gasteiger partial charge in [-0.05, 0) is 23.5 Å². The van der Waals surface area contributed by atoms with Gasteiger partial charge in [-0.3, -0.25) is 4.79 Å². The van der Waals surface area contributed by atoms with E-state index in [1.165, 1.54) is 5.56 Å². The number of benzene rings is 1. The third-order valence-electron chi connectivity index (χ3n) is 3.56. The van der Waals surface area contributed by atoms with E-state index in [2.05, 4.69) is 0 Å². The number of ether oxygens (including phenoxy) is 1. The van der Waals surface area contributed by atoms with Crippen LogP contribution in [-0.2, 0) is 11.2 Å². The smallest absolute Gasteiger partial charge is 0.307 e. The lowest BCUT2D eigenvalue weighted by Gasteiger charge is -2.28. The number of hydrogen-bond donors (Lipinski definition) is 1. The summed E-state index contributed by atoms with van der Waals surface area (Å²) in [6, 6.07) is 7.92. The SMILES string of the molecule is CC(C)(C)C(CC1Cc2ccccc2O1)C(=O)O. The number of para-hydroxylation sites is 1. The van der Waals surface area contributed by atoms with Crippen LogP contribution in [0.5, 0.6) is 5.75 Å². The Balaban J connectivity index is 2.06. The van der Waals surface area contributed by atoms with Crippen LogP contribution in [0.1, 0.15) is 32.8 Å². The molecular weight excluding hydrogens is 228 g/mol. The van der Waals surface area contributed by atoms with Gasteiger partial charge in [0.1, 0.15) is 11.9 Å². The molecule has 0 saturated carbocycles. The molecule has 1 N–H and O–H groups in total. The molecule has 1 aromatic rings. The fraction of sp³-hybridized carbons (Fsp3) is 0.533. The van der Waals surface area contributed by atoms with Crippen molar-refractivity contribution >= 4 is 5.97 Å². The molecule has 0 aromatic heterocycles. The molecule has 1 aromatic carbocycles. The van der Waals surface area contributed by atoms with E-state index in [-0.39, 0.29) is 17.4 Å². The van der Waals surface area contributed by atoms with E-state index in [0.29, 0.717) is 6.42 Å². The molecule has 0 radical (unpaired) electrons. The first-order chi connectivity index (χ1) is 8.38. The van der Waals surface area contributed by atoms with Crippen LogP contribution in [0.3, 0.4) is 0 Å². The van der Waals surface area contributed by atoms with E-state index in [9.17, 15) is 9.90 Å². The number of hydrogen-bond acceptors (Lipinski definition) is 2. The maximum absolute atomic E-state index is 11.4. The Morgan fingerprint density at radius 3 is 2.67 bits per heavy atom. The van der Waals surface area contributed by atoms with Crippen LogP contribution >= 0.6 is 0 Å². The molecule has 3 heteroatoms. The molecule has 0 aliphatic carbocycles. The molecule has 0 saturated heterocycles.